The van der Waals surface area contributed by atoms with Crippen LogP contribution < -0.4 is 9.80 Å². The van der Waals surface area contributed by atoms with Crippen molar-refractivity contribution in [1.29, 1.82) is 0 Å². The molecule has 6 heteroatoms. The number of rotatable bonds is 2. The SMILES string of the molecule is C[C@H]1CCc2c(sc3ncnc(N4CCN(c5ccc(O)cc5)CC4)c23)C1. The molecule has 2 aromatic heterocycles. The van der Waals surface area contributed by atoms with E-state index in [4.69, 9.17) is 4.98 Å². The third-order valence-corrected chi connectivity index (χ3v) is 7.03. The van der Waals surface area contributed by atoms with Gasteiger partial charge in [-0.1, -0.05) is 6.92 Å². The quantitative estimate of drug-likeness (QED) is 0.732. The Balaban J connectivity index is 1.41. The molecule has 0 spiro atoms. The molecule has 1 fully saturated rings. The number of piperazine rings is 1. The highest BCUT2D eigenvalue weighted by atomic mass is 32.1. The molecular weight excluding hydrogens is 356 g/mol. The molecule has 3 aromatic rings. The van der Waals surface area contributed by atoms with Gasteiger partial charge in [-0.2, -0.15) is 0 Å². The number of phenols is 1. The van der Waals surface area contributed by atoms with Gasteiger partial charge in [0.05, 0.1) is 5.39 Å². The van der Waals surface area contributed by atoms with Crippen molar-refractivity contribution in [3.63, 3.8) is 0 Å². The first kappa shape index (κ1) is 16.8. The van der Waals surface area contributed by atoms with Crippen molar-refractivity contribution in [1.82, 2.24) is 9.97 Å². The summed E-state index contributed by atoms with van der Waals surface area (Å²) in [5.41, 5.74) is 2.67. The molecule has 1 aliphatic carbocycles. The summed E-state index contributed by atoms with van der Waals surface area (Å²) in [5, 5.41) is 10.8. The number of thiophene rings is 1. The van der Waals surface area contributed by atoms with E-state index < -0.39 is 0 Å². The van der Waals surface area contributed by atoms with Crippen LogP contribution in [0.25, 0.3) is 10.2 Å². The minimum atomic E-state index is 0.317. The van der Waals surface area contributed by atoms with Crippen molar-refractivity contribution in [2.24, 2.45) is 5.92 Å². The fourth-order valence-electron chi connectivity index (χ4n) is 4.34. The van der Waals surface area contributed by atoms with Crippen LogP contribution in [0.1, 0.15) is 23.8 Å². The van der Waals surface area contributed by atoms with Gasteiger partial charge in [0.15, 0.2) is 0 Å². The van der Waals surface area contributed by atoms with Gasteiger partial charge >= 0.3 is 0 Å². The van der Waals surface area contributed by atoms with E-state index in [1.54, 1.807) is 18.5 Å². The fraction of sp³-hybridized carbons (Fsp3) is 0.429. The molecule has 0 radical (unpaired) electrons. The summed E-state index contributed by atoms with van der Waals surface area (Å²) in [7, 11) is 0. The zero-order valence-corrected chi connectivity index (χ0v) is 16.4. The molecule has 1 aromatic carbocycles. The lowest BCUT2D eigenvalue weighted by Crippen LogP contribution is -2.47. The van der Waals surface area contributed by atoms with Crippen LogP contribution in [0.4, 0.5) is 11.5 Å². The van der Waals surface area contributed by atoms with Crippen molar-refractivity contribution >= 4 is 33.1 Å². The zero-order valence-electron chi connectivity index (χ0n) is 15.6. The second-order valence-electron chi connectivity index (χ2n) is 7.72. The van der Waals surface area contributed by atoms with E-state index in [-0.39, 0.29) is 0 Å². The van der Waals surface area contributed by atoms with Gasteiger partial charge in [-0.05, 0) is 55.0 Å². The van der Waals surface area contributed by atoms with E-state index in [0.29, 0.717) is 5.75 Å². The van der Waals surface area contributed by atoms with E-state index in [1.165, 1.54) is 34.4 Å². The Morgan fingerprint density at radius 1 is 1.04 bits per heavy atom. The van der Waals surface area contributed by atoms with Crippen LogP contribution in [0, 0.1) is 5.92 Å². The first-order chi connectivity index (χ1) is 13.2. The van der Waals surface area contributed by atoms with Crippen molar-refractivity contribution in [2.45, 2.75) is 26.2 Å². The molecule has 0 unspecified atom stereocenters. The van der Waals surface area contributed by atoms with Crippen LogP contribution in [0.15, 0.2) is 30.6 Å². The fourth-order valence-corrected chi connectivity index (χ4v) is 5.68. The average molecular weight is 381 g/mol. The number of aryl methyl sites for hydroxylation is 1. The molecule has 1 atom stereocenters. The number of hydrogen-bond acceptors (Lipinski definition) is 6. The minimum Gasteiger partial charge on any atom is -0.508 e. The van der Waals surface area contributed by atoms with Gasteiger partial charge in [0.25, 0.3) is 0 Å². The molecule has 0 saturated carbocycles. The third-order valence-electron chi connectivity index (χ3n) is 5.87. The van der Waals surface area contributed by atoms with Crippen molar-refractivity contribution in [3.8, 4) is 5.75 Å². The standard InChI is InChI=1S/C21H24N4OS/c1-14-2-7-17-18(12-14)27-21-19(17)20(22-13-23-21)25-10-8-24(9-11-25)15-3-5-16(26)6-4-15/h3-6,13-14,26H,2,7-12H2,1H3/t14-/m0/s1. The van der Waals surface area contributed by atoms with Gasteiger partial charge in [0, 0.05) is 36.7 Å². The molecule has 27 heavy (non-hydrogen) atoms. The predicted molar refractivity (Wildman–Crippen MR) is 111 cm³/mol. The molecule has 5 rings (SSSR count). The van der Waals surface area contributed by atoms with E-state index >= 15 is 0 Å². The molecule has 1 aliphatic heterocycles. The van der Waals surface area contributed by atoms with E-state index in [0.717, 1.165) is 49.2 Å². The second-order valence-corrected chi connectivity index (χ2v) is 8.80. The number of benzene rings is 1. The lowest BCUT2D eigenvalue weighted by Gasteiger charge is -2.37. The molecule has 0 amide bonds. The predicted octanol–water partition coefficient (Wildman–Crippen LogP) is 3.85. The highest BCUT2D eigenvalue weighted by Gasteiger charge is 2.26. The molecule has 140 valence electrons. The summed E-state index contributed by atoms with van der Waals surface area (Å²) < 4.78 is 0. The molecule has 5 nitrogen and oxygen atoms in total. The maximum absolute atomic E-state index is 9.50. The number of phenolic OH excluding ortho intramolecular Hbond substituents is 1. The monoisotopic (exact) mass is 380 g/mol. The van der Waals surface area contributed by atoms with Gasteiger partial charge in [-0.25, -0.2) is 9.97 Å². The summed E-state index contributed by atoms with van der Waals surface area (Å²) >= 11 is 1.87. The third kappa shape index (κ3) is 3.02. The largest absolute Gasteiger partial charge is 0.508 e. The summed E-state index contributed by atoms with van der Waals surface area (Å²) in [6.45, 7) is 6.17. The maximum atomic E-state index is 9.50. The minimum absolute atomic E-state index is 0.317. The number of aromatic nitrogens is 2. The van der Waals surface area contributed by atoms with Crippen LogP contribution in [-0.2, 0) is 12.8 Å². The Bertz CT molecular complexity index is 960. The first-order valence-electron chi connectivity index (χ1n) is 9.73. The first-order valence-corrected chi connectivity index (χ1v) is 10.5. The van der Waals surface area contributed by atoms with Gasteiger partial charge in [0.2, 0.25) is 0 Å². The smallest absolute Gasteiger partial charge is 0.141 e. The van der Waals surface area contributed by atoms with Crippen LogP contribution >= 0.6 is 11.3 Å². The van der Waals surface area contributed by atoms with Crippen molar-refractivity contribution in [2.75, 3.05) is 36.0 Å². The van der Waals surface area contributed by atoms with Crippen LogP contribution in [-0.4, -0.2) is 41.3 Å². The van der Waals surface area contributed by atoms with E-state index in [1.807, 2.05) is 23.5 Å². The second kappa shape index (κ2) is 6.68. The number of fused-ring (bicyclic) bond motifs is 3. The summed E-state index contributed by atoms with van der Waals surface area (Å²) in [5.74, 6) is 2.21. The Kier molecular flexibility index (Phi) is 4.16. The number of nitrogens with zero attached hydrogens (tertiary/aromatic N) is 4. The van der Waals surface area contributed by atoms with Crippen LogP contribution in [0.3, 0.4) is 0 Å². The Labute approximate surface area is 163 Å². The molecule has 2 aliphatic rings. The topological polar surface area (TPSA) is 52.5 Å². The summed E-state index contributed by atoms with van der Waals surface area (Å²) in [6.07, 6.45) is 5.34. The molecule has 3 heterocycles. The van der Waals surface area contributed by atoms with Crippen LogP contribution in [0.2, 0.25) is 0 Å². The summed E-state index contributed by atoms with van der Waals surface area (Å²) in [6, 6.07) is 7.50. The zero-order chi connectivity index (χ0) is 18.4. The average Bonchev–Trinajstić information content (AvgIpc) is 3.06. The highest BCUT2D eigenvalue weighted by molar-refractivity contribution is 7.19. The maximum Gasteiger partial charge on any atom is 0.141 e. The van der Waals surface area contributed by atoms with Gasteiger partial charge < -0.3 is 14.9 Å². The normalized spacial score (nSPS) is 20.1. The Morgan fingerprint density at radius 3 is 2.56 bits per heavy atom. The molecular formula is C21H24N4OS. The van der Waals surface area contributed by atoms with Crippen molar-refractivity contribution < 1.29 is 5.11 Å². The molecule has 1 N–H and O–H groups in total. The van der Waals surface area contributed by atoms with Gasteiger partial charge in [-0.3, -0.25) is 0 Å². The molecule has 1 saturated heterocycles. The van der Waals surface area contributed by atoms with Crippen molar-refractivity contribution in [3.05, 3.63) is 41.0 Å². The Hall–Kier alpha value is -2.34. The number of aromatic hydroxyl groups is 1. The molecule has 0 bridgehead atoms. The highest BCUT2D eigenvalue weighted by Crippen LogP contribution is 2.40. The lowest BCUT2D eigenvalue weighted by atomic mass is 9.89. The number of anilines is 2. The summed E-state index contributed by atoms with van der Waals surface area (Å²) in [4.78, 5) is 16.8. The van der Waals surface area contributed by atoms with Gasteiger partial charge in [0.1, 0.15) is 22.7 Å². The van der Waals surface area contributed by atoms with Gasteiger partial charge in [-0.15, -0.1) is 11.3 Å². The van der Waals surface area contributed by atoms with E-state index in [2.05, 4.69) is 21.7 Å². The lowest BCUT2D eigenvalue weighted by molar-refractivity contribution is 0.475. The number of hydrogen-bond donors (Lipinski definition) is 1. The Morgan fingerprint density at radius 2 is 1.78 bits per heavy atom. The van der Waals surface area contributed by atoms with Crippen LogP contribution in [0.5, 0.6) is 5.75 Å². The van der Waals surface area contributed by atoms with E-state index in [9.17, 15) is 5.11 Å².